The number of nitrogens with zero attached hydrogens (tertiary/aromatic N) is 3. The smallest absolute Gasteiger partial charge is 0.0740 e. The predicted molar refractivity (Wildman–Crippen MR) is 53.2 cm³/mol. The fourth-order valence-corrected chi connectivity index (χ4v) is 1.08. The lowest BCUT2D eigenvalue weighted by atomic mass is 10.3. The zero-order valence-electron chi connectivity index (χ0n) is 8.39. The molecule has 5 N–H and O–H groups in total. The molecule has 0 saturated heterocycles. The van der Waals surface area contributed by atoms with E-state index in [1.807, 2.05) is 0 Å². The van der Waals surface area contributed by atoms with E-state index in [0.29, 0.717) is 26.1 Å². The van der Waals surface area contributed by atoms with E-state index in [2.05, 4.69) is 11.0 Å². The number of rotatable bonds is 9. The molecule has 0 saturated carbocycles. The zero-order chi connectivity index (χ0) is 10.8. The molecule has 0 aliphatic rings. The minimum atomic E-state index is 0.0960. The summed E-state index contributed by atoms with van der Waals surface area (Å²) in [5, 5.41) is 14.7. The Bertz CT molecular complexity index is 146. The molecule has 0 rings (SSSR count). The molecule has 0 unspecified atom stereocenters. The van der Waals surface area contributed by atoms with Crippen LogP contribution in [0.25, 0.3) is 0 Å². The first-order valence-corrected chi connectivity index (χ1v) is 4.81. The van der Waals surface area contributed by atoms with E-state index in [9.17, 15) is 10.1 Å². The van der Waals surface area contributed by atoms with Gasteiger partial charge in [-0.2, -0.15) is 0 Å². The molecule has 0 bridgehead atoms. The quantitative estimate of drug-likeness (QED) is 0.286. The van der Waals surface area contributed by atoms with Crippen molar-refractivity contribution in [2.45, 2.75) is 19.3 Å². The highest BCUT2D eigenvalue weighted by Crippen LogP contribution is 2.01. The normalized spacial score (nSPS) is 10.6. The van der Waals surface area contributed by atoms with Crippen LogP contribution in [0.2, 0.25) is 0 Å². The van der Waals surface area contributed by atoms with E-state index in [0.717, 1.165) is 19.4 Å². The van der Waals surface area contributed by atoms with Gasteiger partial charge >= 0.3 is 0 Å². The molecule has 0 amide bonds. The van der Waals surface area contributed by atoms with Crippen LogP contribution >= 0.6 is 0 Å². The first-order chi connectivity index (χ1) is 6.76. The van der Waals surface area contributed by atoms with Crippen molar-refractivity contribution < 1.29 is 5.73 Å². The molecule has 0 aromatic heterocycles. The third-order valence-corrected chi connectivity index (χ3v) is 1.85. The Balaban J connectivity index is 3.77. The minimum absolute atomic E-state index is 0.0960. The van der Waals surface area contributed by atoms with Crippen LogP contribution < -0.4 is 11.5 Å². The number of hydrogen-bond acceptors (Lipinski definition) is 5. The van der Waals surface area contributed by atoms with Gasteiger partial charge in [-0.1, -0.05) is 0 Å². The maximum atomic E-state index is 10.9. The lowest BCUT2D eigenvalue weighted by Crippen LogP contribution is -2.50. The van der Waals surface area contributed by atoms with Crippen LogP contribution in [0.1, 0.15) is 19.3 Å². The summed E-state index contributed by atoms with van der Waals surface area (Å²) in [5.74, 6) is 0. The molecule has 84 valence electrons. The van der Waals surface area contributed by atoms with Crippen molar-refractivity contribution in [3.63, 3.8) is 0 Å². The molecule has 0 spiro atoms. The van der Waals surface area contributed by atoms with Crippen molar-refractivity contribution in [3.05, 3.63) is 10.1 Å². The predicted octanol–water partition coefficient (Wildman–Crippen LogP) is -0.944. The summed E-state index contributed by atoms with van der Waals surface area (Å²) >= 11 is 0. The monoisotopic (exact) mass is 205 g/mol. The molecule has 7 heteroatoms. The second-order valence-corrected chi connectivity index (χ2v) is 2.99. The molecular weight excluding hydrogens is 186 g/mol. The van der Waals surface area contributed by atoms with Crippen molar-refractivity contribution in [1.29, 1.82) is 0 Å². The Labute approximate surface area is 83.5 Å². The van der Waals surface area contributed by atoms with Crippen molar-refractivity contribution in [1.82, 2.24) is 10.3 Å². The van der Waals surface area contributed by atoms with E-state index in [4.69, 9.17) is 5.73 Å². The largest absolute Gasteiger partial charge is 0.724 e. The summed E-state index contributed by atoms with van der Waals surface area (Å²) in [4.78, 5) is 10.0. The average Bonchev–Trinajstić information content (AvgIpc) is 2.22. The Morgan fingerprint density at radius 3 is 2.43 bits per heavy atom. The Morgan fingerprint density at radius 2 is 1.93 bits per heavy atom. The van der Waals surface area contributed by atoms with Gasteiger partial charge in [-0.3, -0.25) is 5.28 Å². The molecule has 0 heterocycles. The highest BCUT2D eigenvalue weighted by molar-refractivity contribution is 4.56. The first-order valence-electron chi connectivity index (χ1n) is 4.81. The topological polar surface area (TPSA) is 113 Å². The van der Waals surface area contributed by atoms with Gasteiger partial charge in [-0.15, -0.1) is 4.91 Å². The van der Waals surface area contributed by atoms with Crippen molar-refractivity contribution in [3.8, 4) is 0 Å². The molecule has 0 atom stereocenters. The molecule has 0 radical (unpaired) electrons. The highest BCUT2D eigenvalue weighted by atomic mass is 16.6. The van der Waals surface area contributed by atoms with Gasteiger partial charge in [0.2, 0.25) is 0 Å². The first kappa shape index (κ1) is 13.2. The van der Waals surface area contributed by atoms with Crippen LogP contribution in [0.15, 0.2) is 5.29 Å². The third-order valence-electron chi connectivity index (χ3n) is 1.85. The number of hydrazine groups is 1. The second kappa shape index (κ2) is 8.82. The fraction of sp³-hybridized carbons (Fsp3) is 1.00. The molecule has 14 heavy (non-hydrogen) atoms. The van der Waals surface area contributed by atoms with Crippen LogP contribution in [0.3, 0.4) is 0 Å². The number of nitrogens with two attached hydrogens (primary N) is 1. The van der Waals surface area contributed by atoms with Crippen LogP contribution in [0.4, 0.5) is 0 Å². The summed E-state index contributed by atoms with van der Waals surface area (Å²) in [6.45, 7) is 2.34. The number of quaternary nitrogens is 1. The minimum Gasteiger partial charge on any atom is -0.724 e. The van der Waals surface area contributed by atoms with Gasteiger partial charge in [-0.05, 0) is 25.8 Å². The van der Waals surface area contributed by atoms with Crippen LogP contribution in [-0.4, -0.2) is 36.5 Å². The highest BCUT2D eigenvalue weighted by Gasteiger charge is 2.05. The van der Waals surface area contributed by atoms with Crippen LogP contribution in [-0.2, 0) is 0 Å². The third kappa shape index (κ3) is 5.81. The molecule has 0 fully saturated rings. The van der Waals surface area contributed by atoms with Gasteiger partial charge in [-0.25, -0.2) is 5.01 Å². The van der Waals surface area contributed by atoms with E-state index in [1.54, 1.807) is 0 Å². The number of hydrogen-bond donors (Lipinski definition) is 2. The van der Waals surface area contributed by atoms with E-state index >= 15 is 0 Å². The van der Waals surface area contributed by atoms with Gasteiger partial charge in [0.25, 0.3) is 0 Å². The molecule has 0 aromatic rings. The summed E-state index contributed by atoms with van der Waals surface area (Å²) < 4.78 is 0. The van der Waals surface area contributed by atoms with Gasteiger partial charge in [0.15, 0.2) is 0 Å². The second-order valence-electron chi connectivity index (χ2n) is 2.99. The van der Waals surface area contributed by atoms with Crippen molar-refractivity contribution in [2.24, 2.45) is 11.0 Å². The molecule has 0 aromatic carbocycles. The summed E-state index contributed by atoms with van der Waals surface area (Å²) in [6, 6.07) is 0. The maximum Gasteiger partial charge on any atom is 0.0740 e. The van der Waals surface area contributed by atoms with Crippen molar-refractivity contribution in [2.75, 3.05) is 26.2 Å². The van der Waals surface area contributed by atoms with E-state index in [-0.39, 0.29) is 5.28 Å². The fourth-order valence-electron chi connectivity index (χ4n) is 1.08. The summed E-state index contributed by atoms with van der Waals surface area (Å²) in [6.07, 6.45) is 2.45. The molecule has 0 aliphatic carbocycles. The van der Waals surface area contributed by atoms with Gasteiger partial charge < -0.3 is 16.7 Å². The lowest BCUT2D eigenvalue weighted by Gasteiger charge is -2.33. The Morgan fingerprint density at radius 1 is 1.29 bits per heavy atom. The standard InChI is InChI=1S/C7H18N5O2/c8-4-1-2-6-11(7-3-5-9)12(14)10-13/h1-9H2/q-1/p+1. The Hall–Kier alpha value is -0.760. The number of nitroso groups, excluding NO2 is 1. The van der Waals surface area contributed by atoms with Gasteiger partial charge in [0.1, 0.15) is 0 Å². The number of unbranched alkanes of at least 4 members (excludes halogenated alkanes) is 1. The van der Waals surface area contributed by atoms with Crippen LogP contribution in [0.5, 0.6) is 0 Å². The Kier molecular flexibility index (Phi) is 8.34. The van der Waals surface area contributed by atoms with E-state index < -0.39 is 0 Å². The maximum absolute atomic E-state index is 10.9. The SMILES string of the molecule is NCCCN(CCCC[NH3+])N([O-])N=O. The van der Waals surface area contributed by atoms with Crippen molar-refractivity contribution >= 4 is 0 Å². The van der Waals surface area contributed by atoms with E-state index in [1.165, 1.54) is 5.01 Å². The van der Waals surface area contributed by atoms with Gasteiger partial charge in [0, 0.05) is 13.1 Å². The average molecular weight is 205 g/mol. The molecule has 0 aliphatic heterocycles. The summed E-state index contributed by atoms with van der Waals surface area (Å²) in [7, 11) is 0. The molecule has 7 nitrogen and oxygen atoms in total. The summed E-state index contributed by atoms with van der Waals surface area (Å²) in [5.41, 5.74) is 9.00. The van der Waals surface area contributed by atoms with Gasteiger partial charge in [0.05, 0.1) is 11.8 Å². The lowest BCUT2D eigenvalue weighted by molar-refractivity contribution is -0.368. The zero-order valence-corrected chi connectivity index (χ0v) is 8.39. The molecular formula is C7H19N5O2. The van der Waals surface area contributed by atoms with Crippen LogP contribution in [0, 0.1) is 10.1 Å².